The minimum atomic E-state index is -1.13. The number of nitroso groups, excluding NO2 is 1. The molecule has 0 aromatic carbocycles. The number of ether oxygens (including phenoxy) is 2. The molecule has 2 amide bonds. The number of urea groups is 1. The Morgan fingerprint density at radius 1 is 1.65 bits per heavy atom. The number of rotatable bonds is 6. The lowest BCUT2D eigenvalue weighted by Crippen LogP contribution is -2.58. The molecule has 1 aliphatic heterocycles. The molecule has 0 aliphatic carbocycles. The van der Waals surface area contributed by atoms with Crippen molar-refractivity contribution in [1.29, 1.82) is 0 Å². The van der Waals surface area contributed by atoms with Crippen molar-refractivity contribution in [3.05, 3.63) is 4.91 Å². The quantitative estimate of drug-likeness (QED) is 0.342. The van der Waals surface area contributed by atoms with Crippen molar-refractivity contribution in [1.82, 2.24) is 10.3 Å². The van der Waals surface area contributed by atoms with Gasteiger partial charge < -0.3 is 25.0 Å². The van der Waals surface area contributed by atoms with Crippen LogP contribution in [0, 0.1) is 4.91 Å². The maximum absolute atomic E-state index is 11.8. The molecule has 0 aromatic heterocycles. The van der Waals surface area contributed by atoms with Crippen molar-refractivity contribution in [2.75, 3.05) is 26.1 Å². The van der Waals surface area contributed by atoms with Crippen LogP contribution in [0.2, 0.25) is 0 Å². The van der Waals surface area contributed by atoms with E-state index in [1.165, 1.54) is 7.11 Å². The summed E-state index contributed by atoms with van der Waals surface area (Å²) in [5.41, 5.74) is 0. The Bertz CT molecular complexity index is 334. The number of hydrogen-bond donors (Lipinski definition) is 3. The highest BCUT2D eigenvalue weighted by Crippen LogP contribution is 2.21. The van der Waals surface area contributed by atoms with Gasteiger partial charge in [-0.2, -0.15) is 5.01 Å². The van der Waals surface area contributed by atoms with Crippen molar-refractivity contribution in [2.24, 2.45) is 5.29 Å². The fraction of sp³-hybridized carbons (Fsp3) is 0.900. The molecule has 0 saturated carbocycles. The number of halogens is 1. The van der Waals surface area contributed by atoms with Gasteiger partial charge in [0.1, 0.15) is 6.10 Å². The van der Waals surface area contributed by atoms with Crippen molar-refractivity contribution in [2.45, 2.75) is 31.0 Å². The first kappa shape index (κ1) is 17.1. The summed E-state index contributed by atoms with van der Waals surface area (Å²) in [5, 5.41) is 24.7. The highest BCUT2D eigenvalue weighted by atomic mass is 35.5. The van der Waals surface area contributed by atoms with Gasteiger partial charge in [-0.3, -0.25) is 0 Å². The summed E-state index contributed by atoms with van der Waals surface area (Å²) in [4.78, 5) is 22.3. The standard InChI is InChI=1S/C10H18ClN3O6/c1-19-9-8(16)7(4-6(5-15)20-9)12-10(17)14(13-18)3-2-11/h6-9,15-16H,2-5H2,1H3,(H,12,17)/t6-,7-,8+,9-/m0/s1. The lowest BCUT2D eigenvalue weighted by atomic mass is 10.00. The largest absolute Gasteiger partial charge is 0.394 e. The highest BCUT2D eigenvalue weighted by molar-refractivity contribution is 6.18. The predicted molar refractivity (Wildman–Crippen MR) is 68.9 cm³/mol. The normalized spacial score (nSPS) is 29.8. The summed E-state index contributed by atoms with van der Waals surface area (Å²) in [6, 6.07) is -1.52. The van der Waals surface area contributed by atoms with Crippen LogP contribution in [-0.4, -0.2) is 71.9 Å². The molecule has 1 rings (SSSR count). The van der Waals surface area contributed by atoms with Gasteiger partial charge in [0.2, 0.25) is 0 Å². The second kappa shape index (κ2) is 8.32. The molecular formula is C10H18ClN3O6. The maximum atomic E-state index is 11.8. The van der Waals surface area contributed by atoms with Crippen LogP contribution >= 0.6 is 11.6 Å². The molecule has 10 heteroatoms. The minimum Gasteiger partial charge on any atom is -0.394 e. The van der Waals surface area contributed by atoms with Crippen LogP contribution in [0.5, 0.6) is 0 Å². The fourth-order valence-corrected chi connectivity index (χ4v) is 2.05. The van der Waals surface area contributed by atoms with Crippen LogP contribution in [0.1, 0.15) is 6.42 Å². The Morgan fingerprint density at radius 3 is 2.85 bits per heavy atom. The van der Waals surface area contributed by atoms with Crippen LogP contribution in [0.25, 0.3) is 0 Å². The number of alkyl halides is 1. The highest BCUT2D eigenvalue weighted by Gasteiger charge is 2.39. The number of nitrogens with zero attached hydrogens (tertiary/aromatic N) is 2. The zero-order valence-electron chi connectivity index (χ0n) is 10.9. The summed E-state index contributed by atoms with van der Waals surface area (Å²) >= 11 is 5.44. The molecular weight excluding hydrogens is 294 g/mol. The van der Waals surface area contributed by atoms with E-state index in [0.717, 1.165) is 0 Å². The average Bonchev–Trinajstić information content (AvgIpc) is 2.46. The first-order chi connectivity index (χ1) is 9.57. The Balaban J connectivity index is 2.67. The summed E-state index contributed by atoms with van der Waals surface area (Å²) in [7, 11) is 1.33. The minimum absolute atomic E-state index is 0.0483. The number of carbonyl (C=O) groups excluding carboxylic acids is 1. The van der Waals surface area contributed by atoms with E-state index < -0.39 is 30.6 Å². The van der Waals surface area contributed by atoms with E-state index in [1.54, 1.807) is 0 Å². The van der Waals surface area contributed by atoms with Crippen LogP contribution < -0.4 is 5.32 Å². The van der Waals surface area contributed by atoms with E-state index in [4.69, 9.17) is 26.2 Å². The SMILES string of the molecule is CO[C@H]1O[C@H](CO)C[C@H](NC(=O)N(CCCl)N=O)[C@H]1O. The molecule has 9 nitrogen and oxygen atoms in total. The topological polar surface area (TPSA) is 121 Å². The smallest absolute Gasteiger partial charge is 0.340 e. The van der Waals surface area contributed by atoms with E-state index >= 15 is 0 Å². The lowest BCUT2D eigenvalue weighted by molar-refractivity contribution is -0.241. The van der Waals surface area contributed by atoms with Gasteiger partial charge in [0.15, 0.2) is 6.29 Å². The van der Waals surface area contributed by atoms with Crippen LogP contribution in [0.15, 0.2) is 5.29 Å². The molecule has 0 radical (unpaired) electrons. The number of nitrogens with one attached hydrogen (secondary N) is 1. The van der Waals surface area contributed by atoms with E-state index in [-0.39, 0.29) is 25.5 Å². The zero-order chi connectivity index (χ0) is 15.1. The molecule has 1 saturated heterocycles. The molecule has 20 heavy (non-hydrogen) atoms. The molecule has 1 aliphatic rings. The number of methoxy groups -OCH3 is 1. The molecule has 0 bridgehead atoms. The Hall–Kier alpha value is -1.00. The second-order valence-electron chi connectivity index (χ2n) is 4.22. The number of amides is 2. The molecule has 1 fully saturated rings. The fourth-order valence-electron chi connectivity index (χ4n) is 1.89. The maximum Gasteiger partial charge on any atom is 0.340 e. The van der Waals surface area contributed by atoms with E-state index in [9.17, 15) is 14.8 Å². The summed E-state index contributed by atoms with van der Waals surface area (Å²) < 4.78 is 10.2. The molecule has 116 valence electrons. The van der Waals surface area contributed by atoms with Gasteiger partial charge in [0, 0.05) is 13.0 Å². The van der Waals surface area contributed by atoms with Gasteiger partial charge in [0.05, 0.1) is 30.6 Å². The van der Waals surface area contributed by atoms with Crippen molar-refractivity contribution in [3.63, 3.8) is 0 Å². The first-order valence-electron chi connectivity index (χ1n) is 6.01. The van der Waals surface area contributed by atoms with Gasteiger partial charge in [0.25, 0.3) is 0 Å². The number of hydrogen-bond acceptors (Lipinski definition) is 7. The summed E-state index contributed by atoms with van der Waals surface area (Å²) in [6.45, 7) is -0.330. The second-order valence-corrected chi connectivity index (χ2v) is 4.60. The van der Waals surface area contributed by atoms with Gasteiger partial charge in [-0.05, 0) is 6.42 Å². The third-order valence-electron chi connectivity index (χ3n) is 2.91. The lowest BCUT2D eigenvalue weighted by Gasteiger charge is -2.38. The van der Waals surface area contributed by atoms with Crippen molar-refractivity contribution >= 4 is 17.6 Å². The Kier molecular flexibility index (Phi) is 7.10. The monoisotopic (exact) mass is 311 g/mol. The average molecular weight is 312 g/mol. The summed E-state index contributed by atoms with van der Waals surface area (Å²) in [5.74, 6) is 0.0510. The number of carbonyl (C=O) groups is 1. The van der Waals surface area contributed by atoms with Crippen LogP contribution in [0.3, 0.4) is 0 Å². The first-order valence-corrected chi connectivity index (χ1v) is 6.55. The van der Waals surface area contributed by atoms with Gasteiger partial charge >= 0.3 is 6.03 Å². The molecule has 1 heterocycles. The van der Waals surface area contributed by atoms with Gasteiger partial charge in [-0.1, -0.05) is 0 Å². The third kappa shape index (κ3) is 4.25. The van der Waals surface area contributed by atoms with Gasteiger partial charge in [-0.15, -0.1) is 16.5 Å². The van der Waals surface area contributed by atoms with E-state index in [0.29, 0.717) is 5.01 Å². The Morgan fingerprint density at radius 2 is 2.35 bits per heavy atom. The number of aliphatic hydroxyl groups excluding tert-OH is 2. The molecule has 4 atom stereocenters. The zero-order valence-corrected chi connectivity index (χ0v) is 11.7. The predicted octanol–water partition coefficient (Wildman–Crippen LogP) is -0.599. The van der Waals surface area contributed by atoms with Crippen LogP contribution in [-0.2, 0) is 9.47 Å². The van der Waals surface area contributed by atoms with Gasteiger partial charge in [-0.25, -0.2) is 4.79 Å². The summed E-state index contributed by atoms with van der Waals surface area (Å²) in [6.07, 6.45) is -2.51. The molecule has 0 spiro atoms. The molecule has 0 aromatic rings. The third-order valence-corrected chi connectivity index (χ3v) is 3.08. The van der Waals surface area contributed by atoms with Crippen molar-refractivity contribution in [3.8, 4) is 0 Å². The van der Waals surface area contributed by atoms with E-state index in [2.05, 4.69) is 10.6 Å². The van der Waals surface area contributed by atoms with Crippen molar-refractivity contribution < 1.29 is 24.5 Å². The molecule has 3 N–H and O–H groups in total. The number of aliphatic hydroxyl groups is 2. The van der Waals surface area contributed by atoms with E-state index in [1.807, 2.05) is 0 Å². The Labute approximate surface area is 120 Å². The van der Waals surface area contributed by atoms with Crippen LogP contribution in [0.4, 0.5) is 4.79 Å². The molecule has 0 unspecified atom stereocenters.